The minimum absolute atomic E-state index is 0.0903. The molecule has 1 aliphatic rings. The van der Waals surface area contributed by atoms with Crippen LogP contribution in [0.2, 0.25) is 0 Å². The first-order chi connectivity index (χ1) is 13.0. The highest BCUT2D eigenvalue weighted by atomic mass is 19.4. The third-order valence-electron chi connectivity index (χ3n) is 4.36. The van der Waals surface area contributed by atoms with Crippen molar-refractivity contribution in [3.05, 3.63) is 52.1 Å². The van der Waals surface area contributed by atoms with E-state index in [2.05, 4.69) is 0 Å². The monoisotopic (exact) mass is 404 g/mol. The molecule has 0 bridgehead atoms. The molecule has 152 valence electrons. The number of ether oxygens (including phenoxy) is 2. The maximum absolute atomic E-state index is 14.1. The van der Waals surface area contributed by atoms with E-state index in [9.17, 15) is 31.5 Å². The van der Waals surface area contributed by atoms with Gasteiger partial charge in [0.1, 0.15) is 5.57 Å². The normalized spacial score (nSPS) is 19.4. The molecule has 0 heterocycles. The summed E-state index contributed by atoms with van der Waals surface area (Å²) in [5.41, 5.74) is -1.59. The van der Waals surface area contributed by atoms with Gasteiger partial charge in [0, 0.05) is 11.1 Å². The zero-order valence-corrected chi connectivity index (χ0v) is 15.2. The SMILES string of the molecule is CCOC(=O)/C1=C/C=C(\C(C)C(F)(F)F)Cc2c(cc(F)c(F)c2OC)C1=O. The van der Waals surface area contributed by atoms with Crippen LogP contribution in [0.1, 0.15) is 29.8 Å². The van der Waals surface area contributed by atoms with Gasteiger partial charge in [-0.25, -0.2) is 9.18 Å². The van der Waals surface area contributed by atoms with Crippen molar-refractivity contribution in [2.24, 2.45) is 5.92 Å². The Labute approximate surface area is 157 Å². The Morgan fingerprint density at radius 1 is 1.25 bits per heavy atom. The predicted octanol–water partition coefficient (Wildman–Crippen LogP) is 4.33. The molecule has 0 amide bonds. The molecule has 1 atom stereocenters. The first-order valence-corrected chi connectivity index (χ1v) is 8.27. The Kier molecular flexibility index (Phi) is 6.26. The van der Waals surface area contributed by atoms with E-state index in [-0.39, 0.29) is 17.7 Å². The maximum Gasteiger partial charge on any atom is 0.395 e. The van der Waals surface area contributed by atoms with E-state index in [0.717, 1.165) is 26.2 Å². The van der Waals surface area contributed by atoms with Crippen LogP contribution in [0, 0.1) is 17.6 Å². The van der Waals surface area contributed by atoms with E-state index in [1.807, 2.05) is 0 Å². The molecule has 0 spiro atoms. The number of hydrogen-bond acceptors (Lipinski definition) is 4. The van der Waals surface area contributed by atoms with Gasteiger partial charge in [0.25, 0.3) is 0 Å². The van der Waals surface area contributed by atoms with Crippen molar-refractivity contribution in [2.75, 3.05) is 13.7 Å². The minimum Gasteiger partial charge on any atom is -0.493 e. The van der Waals surface area contributed by atoms with Crippen molar-refractivity contribution in [1.82, 2.24) is 0 Å². The van der Waals surface area contributed by atoms with E-state index in [0.29, 0.717) is 6.07 Å². The van der Waals surface area contributed by atoms with Crippen LogP contribution >= 0.6 is 0 Å². The molecule has 1 aromatic rings. The number of Topliss-reactive ketones (excluding diaryl/α,β-unsaturated/α-hetero) is 1. The lowest BCUT2D eigenvalue weighted by molar-refractivity contribution is -0.159. The molecule has 0 radical (unpaired) electrons. The first-order valence-electron chi connectivity index (χ1n) is 8.27. The van der Waals surface area contributed by atoms with Gasteiger partial charge in [-0.3, -0.25) is 4.79 Å². The lowest BCUT2D eigenvalue weighted by Gasteiger charge is -2.23. The quantitative estimate of drug-likeness (QED) is 0.426. The molecule has 1 unspecified atom stereocenters. The van der Waals surface area contributed by atoms with E-state index in [1.165, 1.54) is 6.92 Å². The average Bonchev–Trinajstić information content (AvgIpc) is 2.61. The van der Waals surface area contributed by atoms with Crippen molar-refractivity contribution in [2.45, 2.75) is 26.4 Å². The average molecular weight is 404 g/mol. The molecule has 0 aromatic heterocycles. The van der Waals surface area contributed by atoms with Gasteiger partial charge in [-0.05, 0) is 32.4 Å². The highest BCUT2D eigenvalue weighted by Crippen LogP contribution is 2.38. The molecule has 4 nitrogen and oxygen atoms in total. The smallest absolute Gasteiger partial charge is 0.395 e. The highest BCUT2D eigenvalue weighted by molar-refractivity contribution is 6.25. The van der Waals surface area contributed by atoms with Crippen LogP contribution < -0.4 is 4.74 Å². The van der Waals surface area contributed by atoms with E-state index in [1.54, 1.807) is 0 Å². The third-order valence-corrected chi connectivity index (χ3v) is 4.36. The van der Waals surface area contributed by atoms with Crippen molar-refractivity contribution >= 4 is 11.8 Å². The minimum atomic E-state index is -4.63. The van der Waals surface area contributed by atoms with Crippen LogP contribution in [0.25, 0.3) is 0 Å². The van der Waals surface area contributed by atoms with Gasteiger partial charge in [-0.1, -0.05) is 11.6 Å². The summed E-state index contributed by atoms with van der Waals surface area (Å²) in [4.78, 5) is 24.8. The number of carbonyl (C=O) groups is 2. The van der Waals surface area contributed by atoms with E-state index in [4.69, 9.17) is 9.47 Å². The third kappa shape index (κ3) is 4.07. The van der Waals surface area contributed by atoms with Crippen LogP contribution in [0.3, 0.4) is 0 Å². The summed E-state index contributed by atoms with van der Waals surface area (Å²) in [6.45, 7) is 2.27. The van der Waals surface area contributed by atoms with E-state index >= 15 is 0 Å². The maximum atomic E-state index is 14.1. The molecule has 0 aliphatic heterocycles. The topological polar surface area (TPSA) is 52.6 Å². The molecule has 0 N–H and O–H groups in total. The highest BCUT2D eigenvalue weighted by Gasteiger charge is 2.40. The molecule has 0 saturated carbocycles. The van der Waals surface area contributed by atoms with E-state index < -0.39 is 58.8 Å². The van der Waals surface area contributed by atoms with Crippen LogP contribution in [0.15, 0.2) is 29.4 Å². The second-order valence-corrected chi connectivity index (χ2v) is 6.04. The number of carbonyl (C=O) groups excluding carboxylic acids is 2. The summed E-state index contributed by atoms with van der Waals surface area (Å²) in [6.07, 6.45) is -3.26. The zero-order chi connectivity index (χ0) is 21.2. The van der Waals surface area contributed by atoms with Crippen molar-refractivity contribution in [3.63, 3.8) is 0 Å². The van der Waals surface area contributed by atoms with Crippen LogP contribution in [-0.2, 0) is 16.0 Å². The van der Waals surface area contributed by atoms with Gasteiger partial charge < -0.3 is 9.47 Å². The van der Waals surface area contributed by atoms with Crippen LogP contribution in [0.5, 0.6) is 5.75 Å². The number of alkyl halides is 3. The molecule has 9 heteroatoms. The lowest BCUT2D eigenvalue weighted by atomic mass is 9.86. The summed E-state index contributed by atoms with van der Waals surface area (Å²) >= 11 is 0. The molecular weight excluding hydrogens is 387 g/mol. The molecule has 0 saturated heterocycles. The molecule has 0 fully saturated rings. The van der Waals surface area contributed by atoms with Crippen molar-refractivity contribution in [1.29, 1.82) is 0 Å². The Balaban J connectivity index is 2.78. The van der Waals surface area contributed by atoms with Gasteiger partial charge in [-0.2, -0.15) is 17.6 Å². The fourth-order valence-electron chi connectivity index (χ4n) is 2.78. The first kappa shape index (κ1) is 21.6. The second-order valence-electron chi connectivity index (χ2n) is 6.04. The summed E-state index contributed by atoms with van der Waals surface area (Å²) in [7, 11) is 1.00. The van der Waals surface area contributed by atoms with Crippen LogP contribution in [0.4, 0.5) is 22.0 Å². The fraction of sp³-hybridized carbons (Fsp3) is 0.368. The second kappa shape index (κ2) is 8.12. The Morgan fingerprint density at radius 3 is 2.43 bits per heavy atom. The number of halogens is 5. The number of methoxy groups -OCH3 is 1. The fourth-order valence-corrected chi connectivity index (χ4v) is 2.78. The molecule has 2 rings (SSSR count). The summed E-state index contributed by atoms with van der Waals surface area (Å²) in [5, 5.41) is 0. The van der Waals surface area contributed by atoms with Gasteiger partial charge in [-0.15, -0.1) is 0 Å². The van der Waals surface area contributed by atoms with Gasteiger partial charge in [0.15, 0.2) is 11.6 Å². The number of hydrogen-bond donors (Lipinski definition) is 0. The Morgan fingerprint density at radius 2 is 1.89 bits per heavy atom. The van der Waals surface area contributed by atoms with Gasteiger partial charge in [0.05, 0.1) is 19.6 Å². The Bertz CT molecular complexity index is 868. The number of rotatable bonds is 4. The number of allylic oxidation sites excluding steroid dienone is 3. The molecule has 1 aliphatic carbocycles. The number of fused-ring (bicyclic) bond motifs is 1. The lowest BCUT2D eigenvalue weighted by Crippen LogP contribution is -2.25. The predicted molar refractivity (Wildman–Crippen MR) is 89.0 cm³/mol. The molecule has 28 heavy (non-hydrogen) atoms. The number of ketones is 1. The summed E-state index contributed by atoms with van der Waals surface area (Å²) in [5.74, 6) is -7.60. The summed E-state index contributed by atoms with van der Waals surface area (Å²) < 4.78 is 77.4. The number of esters is 1. The standard InChI is InChI=1S/C19H17F5O4/c1-4-28-18(26)11-6-5-10(9(2)19(22,23)24)7-13-12(16(11)25)8-14(20)15(21)17(13)27-3/h5-6,8-9H,4,7H2,1-3H3/b10-5-,11-6+. The van der Waals surface area contributed by atoms with Gasteiger partial charge in [0.2, 0.25) is 11.6 Å². The zero-order valence-electron chi connectivity index (χ0n) is 15.2. The number of benzene rings is 1. The molecule has 1 aromatic carbocycles. The Hall–Kier alpha value is -2.71. The van der Waals surface area contributed by atoms with Crippen molar-refractivity contribution < 1.29 is 41.0 Å². The molecular formula is C19H17F5O4. The van der Waals surface area contributed by atoms with Crippen LogP contribution in [-0.4, -0.2) is 31.6 Å². The van der Waals surface area contributed by atoms with Crippen molar-refractivity contribution in [3.8, 4) is 5.75 Å². The summed E-state index contributed by atoms with van der Waals surface area (Å²) in [6, 6.07) is 0.545. The largest absolute Gasteiger partial charge is 0.493 e. The van der Waals surface area contributed by atoms with Gasteiger partial charge >= 0.3 is 12.1 Å².